The van der Waals surface area contributed by atoms with Crippen molar-refractivity contribution in [2.45, 2.75) is 0 Å². The smallest absolute Gasteiger partial charge is 0.298 e. The molecule has 1 heterocycles. The van der Waals surface area contributed by atoms with Gasteiger partial charge in [0.25, 0.3) is 15.2 Å². The van der Waals surface area contributed by atoms with Gasteiger partial charge in [0, 0.05) is 0 Å². The zero-order chi connectivity index (χ0) is 12.4. The Morgan fingerprint density at radius 3 is 1.62 bits per heavy atom. The van der Waals surface area contributed by atoms with E-state index in [0.29, 0.717) is 0 Å². The monoisotopic (exact) mass is 265 g/mol. The van der Waals surface area contributed by atoms with Gasteiger partial charge in [-0.3, -0.25) is 41.3 Å². The van der Waals surface area contributed by atoms with Crippen molar-refractivity contribution < 1.29 is 9.13 Å². The van der Waals surface area contributed by atoms with E-state index in [4.69, 9.17) is 22.0 Å². The van der Waals surface area contributed by atoms with Crippen LogP contribution in [0.3, 0.4) is 0 Å². The summed E-state index contributed by atoms with van der Waals surface area (Å²) in [7, 11) is -6.86. The first kappa shape index (κ1) is 13.1. The number of pyridine rings is 1. The maximum Gasteiger partial charge on any atom is 0.299 e. The second kappa shape index (κ2) is 4.50. The number of hydrogen-bond donors (Lipinski definition) is 6. The quantitative estimate of drug-likeness (QED) is 0.407. The van der Waals surface area contributed by atoms with E-state index in [1.165, 1.54) is 12.1 Å². The molecule has 0 spiro atoms. The van der Waals surface area contributed by atoms with Crippen LogP contribution in [-0.2, 0) is 9.13 Å². The van der Waals surface area contributed by atoms with Gasteiger partial charge >= 0.3 is 0 Å². The fourth-order valence-electron chi connectivity index (χ4n) is 0.917. The molecule has 0 unspecified atom stereocenters. The van der Waals surface area contributed by atoms with Gasteiger partial charge in [-0.2, -0.15) is 0 Å². The number of aromatic nitrogens is 1. The number of nitrogens with zero attached hydrogens (tertiary/aromatic N) is 1. The molecule has 0 radical (unpaired) electrons. The highest BCUT2D eigenvalue weighted by Crippen LogP contribution is 2.29. The molecule has 0 bridgehead atoms. The van der Waals surface area contributed by atoms with Gasteiger partial charge < -0.3 is 0 Å². The number of nitrogens with two attached hydrogens (primary N) is 4. The summed E-state index contributed by atoms with van der Waals surface area (Å²) in [6.45, 7) is 0. The summed E-state index contributed by atoms with van der Waals surface area (Å²) in [4.78, 5) is 3.86. The highest BCUT2D eigenvalue weighted by atomic mass is 31.2. The van der Waals surface area contributed by atoms with Gasteiger partial charge in [0.1, 0.15) is 11.6 Å². The molecule has 0 saturated carbocycles. The van der Waals surface area contributed by atoms with Crippen molar-refractivity contribution in [2.24, 2.45) is 22.0 Å². The van der Waals surface area contributed by atoms with Crippen LogP contribution in [0.5, 0.6) is 0 Å². The van der Waals surface area contributed by atoms with Gasteiger partial charge in [0.05, 0.1) is 0 Å². The molecule has 0 fully saturated rings. The van der Waals surface area contributed by atoms with Crippen LogP contribution in [0.4, 0.5) is 11.6 Å². The summed E-state index contributed by atoms with van der Waals surface area (Å²) in [6.07, 6.45) is 0. The third kappa shape index (κ3) is 5.22. The molecule has 1 aromatic rings. The Bertz CT molecular complexity index is 426. The fraction of sp³-hybridized carbons (Fsp3) is 0. The Morgan fingerprint density at radius 1 is 0.938 bits per heavy atom. The average Bonchev–Trinajstić information content (AvgIpc) is 1.96. The molecular formula is C5H13N7O2P2. The molecular weight excluding hydrogens is 252 g/mol. The number of hydrogen-bond acceptors (Lipinski definition) is 3. The van der Waals surface area contributed by atoms with E-state index in [2.05, 4.69) is 15.2 Å². The van der Waals surface area contributed by atoms with Crippen molar-refractivity contribution in [3.8, 4) is 0 Å². The second-order valence-corrected chi connectivity index (χ2v) is 6.34. The molecule has 0 aliphatic carbocycles. The van der Waals surface area contributed by atoms with E-state index in [9.17, 15) is 9.13 Å². The van der Waals surface area contributed by atoms with Crippen molar-refractivity contribution in [3.05, 3.63) is 18.2 Å². The molecule has 9 nitrogen and oxygen atoms in total. The van der Waals surface area contributed by atoms with Crippen molar-refractivity contribution in [3.63, 3.8) is 0 Å². The summed E-state index contributed by atoms with van der Waals surface area (Å²) in [5, 5.41) is 4.59. The van der Waals surface area contributed by atoms with Crippen molar-refractivity contribution in [1.29, 1.82) is 0 Å². The molecule has 16 heavy (non-hydrogen) atoms. The van der Waals surface area contributed by atoms with Gasteiger partial charge in [0.2, 0.25) is 0 Å². The molecule has 10 N–H and O–H groups in total. The predicted octanol–water partition coefficient (Wildman–Crippen LogP) is -0.0436. The highest BCUT2D eigenvalue weighted by molar-refractivity contribution is 7.60. The lowest BCUT2D eigenvalue weighted by Gasteiger charge is -2.12. The largest absolute Gasteiger partial charge is 0.299 e. The number of anilines is 2. The van der Waals surface area contributed by atoms with Crippen LogP contribution in [0.25, 0.3) is 0 Å². The van der Waals surface area contributed by atoms with E-state index in [1.54, 1.807) is 6.07 Å². The van der Waals surface area contributed by atoms with Crippen LogP contribution >= 0.6 is 15.2 Å². The van der Waals surface area contributed by atoms with Crippen LogP contribution in [0.2, 0.25) is 0 Å². The summed E-state index contributed by atoms with van der Waals surface area (Å²) in [5.41, 5.74) is 20.4. The third-order valence-corrected chi connectivity index (χ3v) is 2.48. The van der Waals surface area contributed by atoms with Crippen LogP contribution < -0.4 is 32.2 Å². The van der Waals surface area contributed by atoms with Gasteiger partial charge in [-0.1, -0.05) is 6.07 Å². The topological polar surface area (TPSA) is 175 Å². The first-order chi connectivity index (χ1) is 7.16. The molecule has 11 heteroatoms. The van der Waals surface area contributed by atoms with E-state index in [1.807, 2.05) is 0 Å². The SMILES string of the molecule is NP(N)(=O)Nc1cccc(NP(N)(N)=O)n1. The summed E-state index contributed by atoms with van der Waals surface area (Å²) >= 11 is 0. The van der Waals surface area contributed by atoms with E-state index < -0.39 is 15.2 Å². The zero-order valence-corrected chi connectivity index (χ0v) is 9.99. The van der Waals surface area contributed by atoms with Crippen molar-refractivity contribution in [2.75, 3.05) is 10.2 Å². The first-order valence-electron chi connectivity index (χ1n) is 4.04. The Hall–Kier alpha value is -0.950. The average molecular weight is 265 g/mol. The van der Waals surface area contributed by atoms with Crippen molar-refractivity contribution in [1.82, 2.24) is 4.98 Å². The maximum atomic E-state index is 11.1. The van der Waals surface area contributed by atoms with E-state index >= 15 is 0 Å². The number of rotatable bonds is 4. The molecule has 90 valence electrons. The molecule has 1 aromatic heterocycles. The van der Waals surface area contributed by atoms with Gasteiger partial charge in [0.15, 0.2) is 0 Å². The maximum absolute atomic E-state index is 11.1. The Kier molecular flexibility index (Phi) is 3.69. The normalized spacial score (nSPS) is 12.2. The summed E-state index contributed by atoms with van der Waals surface area (Å²) in [5.74, 6) is 0.318. The van der Waals surface area contributed by atoms with Crippen LogP contribution in [-0.4, -0.2) is 4.98 Å². The first-order valence-corrected chi connectivity index (χ1v) is 7.73. The second-order valence-electron chi connectivity index (χ2n) is 3.05. The van der Waals surface area contributed by atoms with Crippen LogP contribution in [0, 0.1) is 0 Å². The summed E-state index contributed by atoms with van der Waals surface area (Å²) < 4.78 is 22.1. The third-order valence-electron chi connectivity index (χ3n) is 1.33. The molecule has 0 aromatic carbocycles. The molecule has 0 atom stereocenters. The summed E-state index contributed by atoms with van der Waals surface area (Å²) in [6, 6.07) is 4.51. The number of nitrogens with one attached hydrogen (secondary N) is 2. The van der Waals surface area contributed by atoms with Crippen molar-refractivity contribution >= 4 is 26.8 Å². The Morgan fingerprint density at radius 2 is 1.31 bits per heavy atom. The minimum absolute atomic E-state index is 0.159. The minimum atomic E-state index is -3.43. The molecule has 0 aliphatic rings. The van der Waals surface area contributed by atoms with E-state index in [-0.39, 0.29) is 11.6 Å². The van der Waals surface area contributed by atoms with Gasteiger partial charge in [-0.05, 0) is 12.1 Å². The molecule has 0 amide bonds. The molecule has 1 rings (SSSR count). The van der Waals surface area contributed by atoms with Gasteiger partial charge in [-0.15, -0.1) is 0 Å². The Labute approximate surface area is 92.0 Å². The van der Waals surface area contributed by atoms with Crippen LogP contribution in [0.1, 0.15) is 0 Å². The molecule has 0 saturated heterocycles. The lowest BCUT2D eigenvalue weighted by atomic mass is 10.4. The van der Waals surface area contributed by atoms with Gasteiger partial charge in [-0.25, -0.2) is 4.98 Å². The standard InChI is InChI=1S/C5H13N7O2P2/c6-15(7,13)11-4-2-1-3-5(10-4)12-16(8,9)14/h1-3H,(H10,6,7,8,9,10,11,12,13,14). The molecule has 0 aliphatic heterocycles. The Balaban J connectivity index is 2.88. The minimum Gasteiger partial charge on any atom is -0.298 e. The van der Waals surface area contributed by atoms with Crippen LogP contribution in [0.15, 0.2) is 18.2 Å². The lowest BCUT2D eigenvalue weighted by Crippen LogP contribution is -2.16. The predicted molar refractivity (Wildman–Crippen MR) is 63.4 cm³/mol. The highest BCUT2D eigenvalue weighted by Gasteiger charge is 2.11. The lowest BCUT2D eigenvalue weighted by molar-refractivity contribution is 0.579. The zero-order valence-electron chi connectivity index (χ0n) is 8.20. The van der Waals surface area contributed by atoms with E-state index in [0.717, 1.165) is 0 Å². The fourth-order valence-corrected chi connectivity index (χ4v) is 1.88.